The summed E-state index contributed by atoms with van der Waals surface area (Å²) >= 11 is 0. The van der Waals surface area contributed by atoms with Crippen LogP contribution in [-0.2, 0) is 0 Å². The summed E-state index contributed by atoms with van der Waals surface area (Å²) in [5.74, 6) is -0.890. The Hall–Kier alpha value is -1.16. The van der Waals surface area contributed by atoms with Crippen molar-refractivity contribution in [2.45, 2.75) is 26.3 Å². The average molecular weight is 240 g/mol. The molecule has 0 spiro atoms. The van der Waals surface area contributed by atoms with Gasteiger partial charge in [0.05, 0.1) is 0 Å². The Kier molecular flexibility index (Phi) is 3.62. The van der Waals surface area contributed by atoms with Crippen LogP contribution in [0.2, 0.25) is 0 Å². The minimum atomic E-state index is -0.464. The first-order chi connectivity index (χ1) is 8.15. The van der Waals surface area contributed by atoms with Crippen LogP contribution in [0.1, 0.15) is 18.9 Å². The van der Waals surface area contributed by atoms with E-state index in [0.717, 1.165) is 19.5 Å². The molecule has 1 aliphatic heterocycles. The van der Waals surface area contributed by atoms with E-state index >= 15 is 0 Å². The van der Waals surface area contributed by atoms with Gasteiger partial charge in [0.15, 0.2) is 5.82 Å². The molecule has 0 aliphatic carbocycles. The van der Waals surface area contributed by atoms with E-state index in [1.807, 2.05) is 11.8 Å². The van der Waals surface area contributed by atoms with Crippen LogP contribution < -0.4 is 10.2 Å². The molecule has 4 heteroatoms. The summed E-state index contributed by atoms with van der Waals surface area (Å²) < 4.78 is 27.9. The summed E-state index contributed by atoms with van der Waals surface area (Å²) in [5.41, 5.74) is 0.633. The molecule has 1 N–H and O–H groups in total. The first-order valence-corrected chi connectivity index (χ1v) is 6.07. The second-order valence-corrected chi connectivity index (χ2v) is 4.49. The molecule has 94 valence electrons. The monoisotopic (exact) mass is 240 g/mol. The Bertz CT molecular complexity index is 407. The zero-order chi connectivity index (χ0) is 12.4. The zero-order valence-electron chi connectivity index (χ0n) is 10.3. The highest BCUT2D eigenvalue weighted by atomic mass is 19.1. The van der Waals surface area contributed by atoms with Gasteiger partial charge in [0.25, 0.3) is 0 Å². The molecule has 1 heterocycles. The Morgan fingerprint density at radius 1 is 1.41 bits per heavy atom. The second-order valence-electron chi connectivity index (χ2n) is 4.49. The maximum Gasteiger partial charge on any atom is 0.152 e. The van der Waals surface area contributed by atoms with Crippen molar-refractivity contribution < 1.29 is 8.78 Å². The molecule has 1 aromatic carbocycles. The topological polar surface area (TPSA) is 15.3 Å². The first-order valence-electron chi connectivity index (χ1n) is 6.07. The van der Waals surface area contributed by atoms with Crippen LogP contribution in [0.15, 0.2) is 12.1 Å². The smallest absolute Gasteiger partial charge is 0.152 e. The van der Waals surface area contributed by atoms with E-state index in [0.29, 0.717) is 12.1 Å². The molecule has 0 amide bonds. The zero-order valence-corrected chi connectivity index (χ0v) is 10.3. The third-order valence-electron chi connectivity index (χ3n) is 3.37. The fourth-order valence-electron chi connectivity index (χ4n) is 2.33. The van der Waals surface area contributed by atoms with E-state index in [4.69, 9.17) is 0 Å². The quantitative estimate of drug-likeness (QED) is 0.854. The Balaban J connectivity index is 2.41. The van der Waals surface area contributed by atoms with Gasteiger partial charge >= 0.3 is 0 Å². The first kappa shape index (κ1) is 12.3. The minimum absolute atomic E-state index is 0.137. The maximum absolute atomic E-state index is 14.1. The molecule has 1 aliphatic rings. The van der Waals surface area contributed by atoms with Crippen molar-refractivity contribution in [3.05, 3.63) is 29.3 Å². The van der Waals surface area contributed by atoms with Crippen molar-refractivity contribution in [2.24, 2.45) is 0 Å². The van der Waals surface area contributed by atoms with Gasteiger partial charge in [-0.25, -0.2) is 8.78 Å². The molecule has 0 radical (unpaired) electrons. The van der Waals surface area contributed by atoms with Gasteiger partial charge in [0.1, 0.15) is 11.5 Å². The Morgan fingerprint density at radius 3 is 2.88 bits per heavy atom. The van der Waals surface area contributed by atoms with Crippen molar-refractivity contribution in [2.75, 3.05) is 24.5 Å². The highest BCUT2D eigenvalue weighted by Gasteiger charge is 2.26. The van der Waals surface area contributed by atoms with E-state index < -0.39 is 11.6 Å². The number of nitrogens with zero attached hydrogens (tertiary/aromatic N) is 1. The number of aryl methyl sites for hydroxylation is 1. The SMILES string of the molecule is CCC1CNCCN1c1c(F)ccc(C)c1F. The maximum atomic E-state index is 14.1. The molecule has 0 bridgehead atoms. The lowest BCUT2D eigenvalue weighted by atomic mass is 10.1. The predicted octanol–water partition coefficient (Wildman–Crippen LogP) is 2.46. The van der Waals surface area contributed by atoms with Crippen LogP contribution >= 0.6 is 0 Å². The van der Waals surface area contributed by atoms with Gasteiger partial charge in [-0.3, -0.25) is 0 Å². The molecule has 2 rings (SSSR count). The summed E-state index contributed by atoms with van der Waals surface area (Å²) in [4.78, 5) is 1.86. The molecule has 17 heavy (non-hydrogen) atoms. The lowest BCUT2D eigenvalue weighted by Gasteiger charge is -2.38. The van der Waals surface area contributed by atoms with Crippen LogP contribution in [-0.4, -0.2) is 25.7 Å². The van der Waals surface area contributed by atoms with Gasteiger partial charge in [-0.05, 0) is 25.0 Å². The molecular weight excluding hydrogens is 222 g/mol. The highest BCUT2D eigenvalue weighted by molar-refractivity contribution is 5.53. The molecule has 2 nitrogen and oxygen atoms in total. The Morgan fingerprint density at radius 2 is 2.18 bits per heavy atom. The summed E-state index contributed by atoms with van der Waals surface area (Å²) in [5, 5.41) is 3.25. The van der Waals surface area contributed by atoms with Gasteiger partial charge in [0, 0.05) is 25.7 Å². The van der Waals surface area contributed by atoms with E-state index in [9.17, 15) is 8.78 Å². The van der Waals surface area contributed by atoms with Crippen LogP contribution in [0.25, 0.3) is 0 Å². The van der Waals surface area contributed by atoms with Crippen molar-refractivity contribution in [1.82, 2.24) is 5.32 Å². The third kappa shape index (κ3) is 2.27. The highest BCUT2D eigenvalue weighted by Crippen LogP contribution is 2.28. The van der Waals surface area contributed by atoms with Gasteiger partial charge < -0.3 is 10.2 Å². The van der Waals surface area contributed by atoms with Gasteiger partial charge in [-0.1, -0.05) is 13.0 Å². The van der Waals surface area contributed by atoms with E-state index in [1.165, 1.54) is 12.1 Å². The molecule has 1 saturated heterocycles. The van der Waals surface area contributed by atoms with Gasteiger partial charge in [-0.15, -0.1) is 0 Å². The lowest BCUT2D eigenvalue weighted by molar-refractivity contribution is 0.448. The molecule has 1 unspecified atom stereocenters. The van der Waals surface area contributed by atoms with Gasteiger partial charge in [-0.2, -0.15) is 0 Å². The molecule has 1 aromatic rings. The van der Waals surface area contributed by atoms with Crippen molar-refractivity contribution in [3.63, 3.8) is 0 Å². The molecule has 1 atom stereocenters. The normalized spacial score (nSPS) is 20.7. The fourth-order valence-corrected chi connectivity index (χ4v) is 2.33. The van der Waals surface area contributed by atoms with Crippen LogP contribution in [0.5, 0.6) is 0 Å². The van der Waals surface area contributed by atoms with Crippen molar-refractivity contribution >= 4 is 5.69 Å². The summed E-state index contributed by atoms with van der Waals surface area (Å²) in [7, 11) is 0. The Labute approximate surface area is 101 Å². The number of nitrogens with one attached hydrogen (secondary N) is 1. The second kappa shape index (κ2) is 5.00. The average Bonchev–Trinajstić information content (AvgIpc) is 2.35. The fraction of sp³-hybridized carbons (Fsp3) is 0.538. The number of hydrogen-bond acceptors (Lipinski definition) is 2. The number of halogens is 2. The number of hydrogen-bond donors (Lipinski definition) is 1. The largest absolute Gasteiger partial charge is 0.361 e. The third-order valence-corrected chi connectivity index (χ3v) is 3.37. The standard InChI is InChI=1S/C13H18F2N2/c1-3-10-8-16-6-7-17(10)13-11(14)5-4-9(2)12(13)15/h4-5,10,16H,3,6-8H2,1-2H3. The number of piperazine rings is 1. The summed E-state index contributed by atoms with van der Waals surface area (Å²) in [6.45, 7) is 5.90. The molecule has 0 saturated carbocycles. The van der Waals surface area contributed by atoms with Crippen LogP contribution in [0.3, 0.4) is 0 Å². The number of benzene rings is 1. The number of anilines is 1. The van der Waals surface area contributed by atoms with Gasteiger partial charge in [0.2, 0.25) is 0 Å². The van der Waals surface area contributed by atoms with Crippen LogP contribution in [0.4, 0.5) is 14.5 Å². The predicted molar refractivity (Wildman–Crippen MR) is 65.4 cm³/mol. The lowest BCUT2D eigenvalue weighted by Crippen LogP contribution is -2.51. The summed E-state index contributed by atoms with van der Waals surface area (Å²) in [6.07, 6.45) is 0.875. The van der Waals surface area contributed by atoms with Crippen molar-refractivity contribution in [1.29, 1.82) is 0 Å². The van der Waals surface area contributed by atoms with Crippen LogP contribution in [0, 0.1) is 18.6 Å². The van der Waals surface area contributed by atoms with E-state index in [-0.39, 0.29) is 11.7 Å². The molecule has 0 aromatic heterocycles. The summed E-state index contributed by atoms with van der Waals surface area (Å²) in [6, 6.07) is 2.99. The minimum Gasteiger partial charge on any atom is -0.361 e. The number of rotatable bonds is 2. The van der Waals surface area contributed by atoms with E-state index in [2.05, 4.69) is 5.32 Å². The van der Waals surface area contributed by atoms with Crippen molar-refractivity contribution in [3.8, 4) is 0 Å². The molecular formula is C13H18F2N2. The van der Waals surface area contributed by atoms with E-state index in [1.54, 1.807) is 6.92 Å². The molecule has 1 fully saturated rings.